The molecular weight excluding hydrogens is 330 g/mol. The van der Waals surface area contributed by atoms with Gasteiger partial charge in [0.2, 0.25) is 0 Å². The molecule has 0 saturated heterocycles. The average molecular weight is 351 g/mol. The number of nitrogen functional groups attached to an aromatic ring is 1. The van der Waals surface area contributed by atoms with Crippen LogP contribution in [0.5, 0.6) is 0 Å². The third kappa shape index (κ3) is 2.89. The summed E-state index contributed by atoms with van der Waals surface area (Å²) in [6.07, 6.45) is 3.22. The van der Waals surface area contributed by atoms with Gasteiger partial charge in [-0.25, -0.2) is 4.98 Å². The normalized spacial score (nSPS) is 16.6. The largest absolute Gasteiger partial charge is 0.397 e. The fraction of sp³-hybridized carbons (Fsp3) is 0.300. The quantitative estimate of drug-likeness (QED) is 0.711. The van der Waals surface area contributed by atoms with Gasteiger partial charge in [-0.1, -0.05) is 25.1 Å². The van der Waals surface area contributed by atoms with Gasteiger partial charge in [0.1, 0.15) is 9.71 Å². The number of carbonyl (C=O) groups excluding carboxylic acids is 1. The summed E-state index contributed by atoms with van der Waals surface area (Å²) >= 11 is 1.38. The second kappa shape index (κ2) is 6.15. The minimum atomic E-state index is -0.166. The summed E-state index contributed by atoms with van der Waals surface area (Å²) in [6, 6.07) is 9.88. The fourth-order valence-electron chi connectivity index (χ4n) is 3.43. The lowest BCUT2D eigenvalue weighted by molar-refractivity contribution is 0.103. The van der Waals surface area contributed by atoms with Crippen LogP contribution in [0.3, 0.4) is 0 Å². The number of nitrogens with zero attached hydrogens (tertiary/aromatic N) is 1. The van der Waals surface area contributed by atoms with Gasteiger partial charge in [0.25, 0.3) is 5.91 Å². The van der Waals surface area contributed by atoms with E-state index in [0.717, 1.165) is 40.0 Å². The second-order valence-electron chi connectivity index (χ2n) is 6.91. The van der Waals surface area contributed by atoms with Gasteiger partial charge in [-0.3, -0.25) is 4.79 Å². The number of aryl methyl sites for hydroxylation is 2. The molecule has 0 bridgehead atoms. The van der Waals surface area contributed by atoms with E-state index in [1.165, 1.54) is 23.3 Å². The molecule has 0 spiro atoms. The Labute approximate surface area is 151 Å². The van der Waals surface area contributed by atoms with Gasteiger partial charge in [0.05, 0.1) is 5.69 Å². The van der Waals surface area contributed by atoms with Crippen molar-refractivity contribution < 1.29 is 4.79 Å². The molecule has 1 aliphatic carbocycles. The summed E-state index contributed by atoms with van der Waals surface area (Å²) in [5, 5.41) is 3.88. The SMILES string of the molecule is Cc1ccccc1NC(=O)c1sc2nc3c(cc2c1N)CC(C)CC3. The fourth-order valence-corrected chi connectivity index (χ4v) is 4.42. The number of anilines is 2. The van der Waals surface area contributed by atoms with Crippen LogP contribution >= 0.6 is 11.3 Å². The average Bonchev–Trinajstić information content (AvgIpc) is 2.91. The predicted molar refractivity (Wildman–Crippen MR) is 104 cm³/mol. The molecule has 4 rings (SSSR count). The number of aromatic nitrogens is 1. The third-order valence-corrected chi connectivity index (χ3v) is 6.05. The van der Waals surface area contributed by atoms with Crippen molar-refractivity contribution in [2.45, 2.75) is 33.1 Å². The second-order valence-corrected chi connectivity index (χ2v) is 7.91. The number of rotatable bonds is 2. The summed E-state index contributed by atoms with van der Waals surface area (Å²) in [4.78, 5) is 18.9. The molecule has 3 N–H and O–H groups in total. The van der Waals surface area contributed by atoms with E-state index in [9.17, 15) is 4.79 Å². The van der Waals surface area contributed by atoms with Crippen molar-refractivity contribution in [2.75, 3.05) is 11.1 Å². The third-order valence-electron chi connectivity index (χ3n) is 4.93. The van der Waals surface area contributed by atoms with Gasteiger partial charge in [-0.15, -0.1) is 11.3 Å². The molecule has 1 amide bonds. The lowest BCUT2D eigenvalue weighted by Gasteiger charge is -2.20. The van der Waals surface area contributed by atoms with Crippen molar-refractivity contribution >= 4 is 38.8 Å². The van der Waals surface area contributed by atoms with Crippen LogP contribution in [0.25, 0.3) is 10.2 Å². The topological polar surface area (TPSA) is 68.0 Å². The summed E-state index contributed by atoms with van der Waals surface area (Å²) in [5.41, 5.74) is 11.1. The Morgan fingerprint density at radius 1 is 1.36 bits per heavy atom. The van der Waals surface area contributed by atoms with Crippen LogP contribution < -0.4 is 11.1 Å². The molecule has 25 heavy (non-hydrogen) atoms. The number of fused-ring (bicyclic) bond motifs is 2. The van der Waals surface area contributed by atoms with Crippen LogP contribution in [0, 0.1) is 12.8 Å². The Kier molecular flexibility index (Phi) is 3.96. The summed E-state index contributed by atoms with van der Waals surface area (Å²) < 4.78 is 0. The zero-order chi connectivity index (χ0) is 17.6. The number of benzene rings is 1. The maximum Gasteiger partial charge on any atom is 0.267 e. The summed E-state index contributed by atoms with van der Waals surface area (Å²) in [5.74, 6) is 0.511. The first-order chi connectivity index (χ1) is 12.0. The Balaban J connectivity index is 1.72. The first-order valence-electron chi connectivity index (χ1n) is 8.60. The number of thiophene rings is 1. The number of nitrogens with two attached hydrogens (primary N) is 1. The lowest BCUT2D eigenvalue weighted by atomic mass is 9.87. The molecule has 3 aromatic rings. The van der Waals surface area contributed by atoms with Gasteiger partial charge in [0.15, 0.2) is 0 Å². The molecule has 1 unspecified atom stereocenters. The first kappa shape index (κ1) is 16.1. The van der Waals surface area contributed by atoms with E-state index in [4.69, 9.17) is 10.7 Å². The molecule has 1 atom stereocenters. The number of hydrogen-bond acceptors (Lipinski definition) is 4. The van der Waals surface area contributed by atoms with Crippen LogP contribution in [0.2, 0.25) is 0 Å². The zero-order valence-electron chi connectivity index (χ0n) is 14.4. The van der Waals surface area contributed by atoms with E-state index in [2.05, 4.69) is 18.3 Å². The number of amides is 1. The highest BCUT2D eigenvalue weighted by Crippen LogP contribution is 2.36. The molecule has 0 radical (unpaired) electrons. The molecule has 1 aromatic carbocycles. The van der Waals surface area contributed by atoms with E-state index in [-0.39, 0.29) is 5.91 Å². The Hall–Kier alpha value is -2.40. The Morgan fingerprint density at radius 3 is 2.96 bits per heavy atom. The number of para-hydroxylation sites is 1. The maximum absolute atomic E-state index is 12.7. The van der Waals surface area contributed by atoms with Crippen molar-refractivity contribution in [1.82, 2.24) is 4.98 Å². The van der Waals surface area contributed by atoms with Crippen molar-refractivity contribution in [3.8, 4) is 0 Å². The summed E-state index contributed by atoms with van der Waals surface area (Å²) in [7, 11) is 0. The molecule has 0 saturated carbocycles. The van der Waals surface area contributed by atoms with Crippen LogP contribution in [-0.2, 0) is 12.8 Å². The van der Waals surface area contributed by atoms with E-state index in [1.807, 2.05) is 31.2 Å². The van der Waals surface area contributed by atoms with Gasteiger partial charge in [-0.2, -0.15) is 0 Å². The maximum atomic E-state index is 12.7. The Morgan fingerprint density at radius 2 is 2.16 bits per heavy atom. The van der Waals surface area contributed by atoms with Crippen LogP contribution in [0.4, 0.5) is 11.4 Å². The van der Waals surface area contributed by atoms with E-state index in [1.54, 1.807) is 0 Å². The minimum Gasteiger partial charge on any atom is -0.397 e. The van der Waals surface area contributed by atoms with Crippen LogP contribution in [-0.4, -0.2) is 10.9 Å². The summed E-state index contributed by atoms with van der Waals surface area (Å²) in [6.45, 7) is 4.24. The monoisotopic (exact) mass is 351 g/mol. The van der Waals surface area contributed by atoms with Crippen molar-refractivity contribution in [1.29, 1.82) is 0 Å². The molecular formula is C20H21N3OS. The molecule has 0 aliphatic heterocycles. The minimum absolute atomic E-state index is 0.166. The number of carbonyl (C=O) groups is 1. The first-order valence-corrected chi connectivity index (χ1v) is 9.42. The lowest BCUT2D eigenvalue weighted by Crippen LogP contribution is -2.13. The Bertz CT molecular complexity index is 976. The van der Waals surface area contributed by atoms with E-state index >= 15 is 0 Å². The highest BCUT2D eigenvalue weighted by molar-refractivity contribution is 7.21. The van der Waals surface area contributed by atoms with Crippen molar-refractivity contribution in [3.63, 3.8) is 0 Å². The van der Waals surface area contributed by atoms with Crippen molar-refractivity contribution in [3.05, 3.63) is 52.0 Å². The molecule has 5 heteroatoms. The van der Waals surface area contributed by atoms with Crippen LogP contribution in [0.15, 0.2) is 30.3 Å². The van der Waals surface area contributed by atoms with Gasteiger partial charge < -0.3 is 11.1 Å². The molecule has 2 heterocycles. The highest BCUT2D eigenvalue weighted by atomic mass is 32.1. The molecule has 4 nitrogen and oxygen atoms in total. The molecule has 128 valence electrons. The number of nitrogens with one attached hydrogen (secondary N) is 1. The number of pyridine rings is 1. The smallest absolute Gasteiger partial charge is 0.267 e. The van der Waals surface area contributed by atoms with Gasteiger partial charge >= 0.3 is 0 Å². The van der Waals surface area contributed by atoms with E-state index < -0.39 is 0 Å². The molecule has 1 aliphatic rings. The zero-order valence-corrected chi connectivity index (χ0v) is 15.2. The van der Waals surface area contributed by atoms with Gasteiger partial charge in [-0.05, 0) is 55.4 Å². The van der Waals surface area contributed by atoms with Gasteiger partial charge in [0, 0.05) is 16.8 Å². The molecule has 0 fully saturated rings. The van der Waals surface area contributed by atoms with Crippen LogP contribution in [0.1, 0.15) is 39.8 Å². The van der Waals surface area contributed by atoms with Crippen molar-refractivity contribution in [2.24, 2.45) is 5.92 Å². The van der Waals surface area contributed by atoms with E-state index in [0.29, 0.717) is 16.5 Å². The number of hydrogen-bond donors (Lipinski definition) is 2. The molecule has 2 aromatic heterocycles. The standard InChI is InChI=1S/C20H21N3OS/c1-11-7-8-16-13(9-11)10-14-17(21)18(25-20(14)23-16)19(24)22-15-6-4-3-5-12(15)2/h3-6,10-11H,7-9,21H2,1-2H3,(H,22,24). The highest BCUT2D eigenvalue weighted by Gasteiger charge is 2.22. The predicted octanol–water partition coefficient (Wildman–Crippen LogP) is 4.56.